The van der Waals surface area contributed by atoms with E-state index >= 15 is 0 Å². The predicted octanol–water partition coefficient (Wildman–Crippen LogP) is 3.68. The number of thiophene rings is 1. The molecule has 1 aliphatic rings. The second-order valence-electron chi connectivity index (χ2n) is 6.25. The molecule has 7 heteroatoms. The summed E-state index contributed by atoms with van der Waals surface area (Å²) in [7, 11) is 0. The van der Waals surface area contributed by atoms with Gasteiger partial charge < -0.3 is 4.98 Å². The van der Waals surface area contributed by atoms with E-state index in [1.807, 2.05) is 0 Å². The Morgan fingerprint density at radius 2 is 2.08 bits per heavy atom. The van der Waals surface area contributed by atoms with E-state index in [1.165, 1.54) is 17.0 Å². The van der Waals surface area contributed by atoms with Crippen LogP contribution in [0.5, 0.6) is 0 Å². The number of aromatic nitrogens is 2. The second-order valence-corrected chi connectivity index (χ2v) is 7.33. The summed E-state index contributed by atoms with van der Waals surface area (Å²) in [5.41, 5.74) is 1.71. The average Bonchev–Trinajstić information content (AvgIpc) is 2.92. The smallest absolute Gasteiger partial charge is 0.269 e. The molecule has 24 heavy (non-hydrogen) atoms. The fourth-order valence-corrected chi connectivity index (χ4v) is 4.61. The number of nitrogens with zero attached hydrogens (tertiary/aromatic N) is 2. The molecule has 0 spiro atoms. The molecule has 1 N–H and O–H groups in total. The lowest BCUT2D eigenvalue weighted by Crippen LogP contribution is -2.13. The van der Waals surface area contributed by atoms with Gasteiger partial charge in [-0.1, -0.05) is 6.92 Å². The molecule has 122 valence electrons. The van der Waals surface area contributed by atoms with Gasteiger partial charge in [0.2, 0.25) is 0 Å². The van der Waals surface area contributed by atoms with Crippen molar-refractivity contribution in [2.24, 2.45) is 5.92 Å². The number of fused-ring (bicyclic) bond motifs is 3. The SMILES string of the molecule is C[C@@H]1CCc2c(sc3nc(-c4ccc([N+](=O)[O-])cc4)[nH]c(=O)c23)C1. The molecular weight excluding hydrogens is 326 g/mol. The molecule has 0 bridgehead atoms. The lowest BCUT2D eigenvalue weighted by molar-refractivity contribution is -0.384. The van der Waals surface area contributed by atoms with Crippen molar-refractivity contribution in [3.8, 4) is 11.4 Å². The van der Waals surface area contributed by atoms with E-state index in [0.717, 1.165) is 29.7 Å². The van der Waals surface area contributed by atoms with Gasteiger partial charge in [-0.05, 0) is 42.9 Å². The van der Waals surface area contributed by atoms with Crippen LogP contribution in [0.2, 0.25) is 0 Å². The van der Waals surface area contributed by atoms with Crippen molar-refractivity contribution in [1.82, 2.24) is 9.97 Å². The van der Waals surface area contributed by atoms with Crippen molar-refractivity contribution < 1.29 is 4.92 Å². The lowest BCUT2D eigenvalue weighted by atomic mass is 9.89. The number of nitro groups is 1. The van der Waals surface area contributed by atoms with E-state index in [4.69, 9.17) is 0 Å². The highest BCUT2D eigenvalue weighted by Crippen LogP contribution is 2.36. The Kier molecular flexibility index (Phi) is 3.45. The molecule has 0 aliphatic heterocycles. The first kappa shape index (κ1) is 15.0. The molecule has 6 nitrogen and oxygen atoms in total. The van der Waals surface area contributed by atoms with Crippen molar-refractivity contribution in [3.05, 3.63) is 55.2 Å². The second kappa shape index (κ2) is 5.52. The summed E-state index contributed by atoms with van der Waals surface area (Å²) in [6, 6.07) is 6.05. The van der Waals surface area contributed by atoms with Crippen LogP contribution in [-0.4, -0.2) is 14.9 Å². The normalized spacial score (nSPS) is 17.0. The van der Waals surface area contributed by atoms with Crippen molar-refractivity contribution in [2.75, 3.05) is 0 Å². The van der Waals surface area contributed by atoms with Crippen LogP contribution in [0.3, 0.4) is 0 Å². The minimum absolute atomic E-state index is 0.0164. The Morgan fingerprint density at radius 1 is 1.33 bits per heavy atom. The molecule has 0 saturated heterocycles. The molecule has 1 aromatic carbocycles. The standard InChI is InChI=1S/C17H15N3O3S/c1-9-2-7-12-13(8-9)24-17-14(12)16(21)18-15(19-17)10-3-5-11(6-4-10)20(22)23/h3-6,9H,2,7-8H2,1H3,(H,18,19,21)/t9-/m1/s1. The summed E-state index contributed by atoms with van der Waals surface area (Å²) in [4.78, 5) is 32.3. The zero-order valence-corrected chi connectivity index (χ0v) is 13.9. The number of aromatic amines is 1. The Bertz CT molecular complexity index is 1000. The van der Waals surface area contributed by atoms with Gasteiger partial charge in [-0.3, -0.25) is 14.9 Å². The fourth-order valence-electron chi connectivity index (χ4n) is 3.23. The van der Waals surface area contributed by atoms with Crippen molar-refractivity contribution in [1.29, 1.82) is 0 Å². The molecule has 0 unspecified atom stereocenters. The molecule has 3 aromatic rings. The molecule has 2 aromatic heterocycles. The first-order valence-electron chi connectivity index (χ1n) is 7.82. The zero-order chi connectivity index (χ0) is 16.8. The van der Waals surface area contributed by atoms with Crippen LogP contribution in [0.15, 0.2) is 29.1 Å². The minimum Gasteiger partial charge on any atom is -0.306 e. The van der Waals surface area contributed by atoms with Crippen LogP contribution in [0.25, 0.3) is 21.6 Å². The van der Waals surface area contributed by atoms with Gasteiger partial charge in [0.15, 0.2) is 0 Å². The summed E-state index contributed by atoms with van der Waals surface area (Å²) < 4.78 is 0. The van der Waals surface area contributed by atoms with Gasteiger partial charge in [-0.2, -0.15) is 0 Å². The highest BCUT2D eigenvalue weighted by atomic mass is 32.1. The van der Waals surface area contributed by atoms with Crippen LogP contribution in [0, 0.1) is 16.0 Å². The third kappa shape index (κ3) is 2.41. The number of aryl methyl sites for hydroxylation is 1. The predicted molar refractivity (Wildman–Crippen MR) is 93.5 cm³/mol. The Hall–Kier alpha value is -2.54. The van der Waals surface area contributed by atoms with Crippen molar-refractivity contribution in [2.45, 2.75) is 26.2 Å². The van der Waals surface area contributed by atoms with Gasteiger partial charge in [0.1, 0.15) is 10.7 Å². The number of non-ortho nitro benzene ring substituents is 1. The van der Waals surface area contributed by atoms with Crippen LogP contribution in [0.1, 0.15) is 23.8 Å². The van der Waals surface area contributed by atoms with E-state index in [0.29, 0.717) is 22.7 Å². The van der Waals surface area contributed by atoms with Crippen molar-refractivity contribution in [3.63, 3.8) is 0 Å². The number of H-pyrrole nitrogens is 1. The molecule has 0 radical (unpaired) electrons. The van der Waals surface area contributed by atoms with E-state index in [1.54, 1.807) is 23.5 Å². The molecule has 1 atom stereocenters. The first-order valence-corrected chi connectivity index (χ1v) is 8.64. The van der Waals surface area contributed by atoms with Crippen LogP contribution >= 0.6 is 11.3 Å². The van der Waals surface area contributed by atoms with Gasteiger partial charge in [0.05, 0.1) is 10.3 Å². The van der Waals surface area contributed by atoms with Crippen molar-refractivity contribution >= 4 is 27.2 Å². The monoisotopic (exact) mass is 341 g/mol. The fraction of sp³-hybridized carbons (Fsp3) is 0.294. The van der Waals surface area contributed by atoms with E-state index in [-0.39, 0.29) is 11.2 Å². The molecular formula is C17H15N3O3S. The Labute approximate surface area is 141 Å². The van der Waals surface area contributed by atoms with E-state index < -0.39 is 4.92 Å². The topological polar surface area (TPSA) is 88.9 Å². The molecule has 4 rings (SSSR count). The zero-order valence-electron chi connectivity index (χ0n) is 13.0. The minimum atomic E-state index is -0.447. The van der Waals surface area contributed by atoms with Gasteiger partial charge in [0.25, 0.3) is 11.2 Å². The summed E-state index contributed by atoms with van der Waals surface area (Å²) >= 11 is 1.60. The average molecular weight is 341 g/mol. The molecule has 0 saturated carbocycles. The number of nitrogens with one attached hydrogen (secondary N) is 1. The largest absolute Gasteiger partial charge is 0.306 e. The quantitative estimate of drug-likeness (QED) is 0.569. The number of rotatable bonds is 2. The van der Waals surface area contributed by atoms with Gasteiger partial charge in [-0.25, -0.2) is 4.98 Å². The van der Waals surface area contributed by atoms with E-state index in [2.05, 4.69) is 16.9 Å². The maximum atomic E-state index is 12.6. The molecule has 0 fully saturated rings. The highest BCUT2D eigenvalue weighted by Gasteiger charge is 2.23. The van der Waals surface area contributed by atoms with Gasteiger partial charge >= 0.3 is 0 Å². The maximum Gasteiger partial charge on any atom is 0.269 e. The van der Waals surface area contributed by atoms with Crippen LogP contribution in [-0.2, 0) is 12.8 Å². The number of benzene rings is 1. The highest BCUT2D eigenvalue weighted by molar-refractivity contribution is 7.18. The van der Waals surface area contributed by atoms with E-state index in [9.17, 15) is 14.9 Å². The summed E-state index contributed by atoms with van der Waals surface area (Å²) in [6.45, 7) is 2.23. The number of hydrogen-bond acceptors (Lipinski definition) is 5. The summed E-state index contributed by atoms with van der Waals surface area (Å²) in [6.07, 6.45) is 3.03. The van der Waals surface area contributed by atoms with Crippen LogP contribution in [0.4, 0.5) is 5.69 Å². The first-order chi connectivity index (χ1) is 11.5. The summed E-state index contributed by atoms with van der Waals surface area (Å²) in [5.74, 6) is 1.09. The molecule has 1 aliphatic carbocycles. The number of nitro benzene ring substituents is 1. The Morgan fingerprint density at radius 3 is 2.79 bits per heavy atom. The number of hydrogen-bond donors (Lipinski definition) is 1. The lowest BCUT2D eigenvalue weighted by Gasteiger charge is -2.17. The molecule has 0 amide bonds. The maximum absolute atomic E-state index is 12.6. The van der Waals surface area contributed by atoms with Crippen LogP contribution < -0.4 is 5.56 Å². The third-order valence-corrected chi connectivity index (χ3v) is 5.67. The summed E-state index contributed by atoms with van der Waals surface area (Å²) in [5, 5.41) is 11.5. The Balaban J connectivity index is 1.83. The molecule has 2 heterocycles. The third-order valence-electron chi connectivity index (χ3n) is 4.52. The van der Waals surface area contributed by atoms with Gasteiger partial charge in [-0.15, -0.1) is 11.3 Å². The van der Waals surface area contributed by atoms with Gasteiger partial charge in [0, 0.05) is 22.6 Å².